The van der Waals surface area contributed by atoms with Gasteiger partial charge in [-0.2, -0.15) is 4.98 Å². The predicted molar refractivity (Wildman–Crippen MR) is 134 cm³/mol. The van der Waals surface area contributed by atoms with Crippen LogP contribution in [0.3, 0.4) is 0 Å². The van der Waals surface area contributed by atoms with E-state index in [1.807, 2.05) is 11.8 Å². The number of hydrogen-bond donors (Lipinski definition) is 2. The van der Waals surface area contributed by atoms with Gasteiger partial charge >= 0.3 is 5.97 Å². The Labute approximate surface area is 220 Å². The third-order valence-corrected chi connectivity index (χ3v) is 8.43. The highest BCUT2D eigenvalue weighted by Gasteiger charge is 2.60. The zero-order chi connectivity index (χ0) is 27.3. The number of non-ortho nitro benzene ring substituents is 1. The number of carbonyl (C=O) groups excluding carboxylic acids is 3. The van der Waals surface area contributed by atoms with Gasteiger partial charge in [-0.15, -0.1) is 11.8 Å². The number of rotatable bonds is 9. The van der Waals surface area contributed by atoms with Gasteiger partial charge in [-0.1, -0.05) is 6.92 Å². The van der Waals surface area contributed by atoms with E-state index >= 15 is 0 Å². The number of hydrogen-bond acceptors (Lipinski definition) is 11. The minimum Gasteiger partial charge on any atom is -0.456 e. The monoisotopic (exact) mass is 543 g/mol. The Morgan fingerprint density at radius 2 is 2.03 bits per heavy atom. The second-order valence-electron chi connectivity index (χ2n) is 9.49. The number of β-lactam (4-membered cyclic amide) rings is 1. The number of esters is 1. The molecule has 1 aromatic heterocycles. The normalized spacial score (nSPS) is 23.6. The van der Waals surface area contributed by atoms with Crippen LogP contribution in [-0.2, 0) is 20.9 Å². The largest absolute Gasteiger partial charge is 0.456 e. The number of nitro benzene ring substituents is 1. The zero-order valence-corrected chi connectivity index (χ0v) is 21.3. The maximum absolute atomic E-state index is 13.3. The van der Waals surface area contributed by atoms with Gasteiger partial charge in [0.25, 0.3) is 17.6 Å². The van der Waals surface area contributed by atoms with Crippen molar-refractivity contribution in [2.24, 2.45) is 17.6 Å². The number of amides is 2. The highest BCUT2D eigenvalue weighted by molar-refractivity contribution is 8.03. The fraction of sp³-hybridized carbons (Fsp3) is 0.417. The standard InChI is InChI=1S/C24H25N5O8S/c1-11-18-17(12(2)30)22(32)28(18)19(23(33)36-9-13-3-5-14(6-4-13)29(34)35)20(11)38-15-7-27(8-15)24-26-16(10-37-24)21(25)31/h3-6,10-12,15,17-18,30H,7-9H2,1-2H3,(H2,25,31)/t11-,12-,17-,18-/m1/s1. The van der Waals surface area contributed by atoms with Crippen molar-refractivity contribution in [3.05, 3.63) is 62.5 Å². The molecule has 2 saturated heterocycles. The molecule has 2 amide bonds. The molecule has 5 rings (SSSR count). The van der Waals surface area contributed by atoms with Crippen molar-refractivity contribution in [1.82, 2.24) is 9.88 Å². The van der Waals surface area contributed by atoms with Crippen molar-refractivity contribution >= 4 is 41.2 Å². The third kappa shape index (κ3) is 4.39. The van der Waals surface area contributed by atoms with Gasteiger partial charge < -0.3 is 29.8 Å². The van der Waals surface area contributed by atoms with Gasteiger partial charge in [0.15, 0.2) is 5.69 Å². The van der Waals surface area contributed by atoms with Crippen LogP contribution in [0, 0.1) is 22.0 Å². The summed E-state index contributed by atoms with van der Waals surface area (Å²) in [6, 6.07) is 5.58. The highest BCUT2D eigenvalue weighted by atomic mass is 32.2. The summed E-state index contributed by atoms with van der Waals surface area (Å²) in [5.74, 6) is -2.50. The minimum atomic E-state index is -0.864. The molecular weight excluding hydrogens is 518 g/mol. The van der Waals surface area contributed by atoms with Gasteiger partial charge in [-0.3, -0.25) is 19.7 Å². The summed E-state index contributed by atoms with van der Waals surface area (Å²) in [7, 11) is 0. The fourth-order valence-corrected chi connectivity index (χ4v) is 6.49. The van der Waals surface area contributed by atoms with Gasteiger partial charge in [0, 0.05) is 41.3 Å². The van der Waals surface area contributed by atoms with Crippen LogP contribution in [0.15, 0.2) is 45.5 Å². The Balaban J connectivity index is 1.31. The van der Waals surface area contributed by atoms with Crippen molar-refractivity contribution in [3.8, 4) is 0 Å². The number of nitrogens with zero attached hydrogens (tertiary/aromatic N) is 4. The second-order valence-corrected chi connectivity index (χ2v) is 10.8. The lowest BCUT2D eigenvalue weighted by Gasteiger charge is -2.46. The minimum absolute atomic E-state index is 0.0355. The van der Waals surface area contributed by atoms with Crippen LogP contribution >= 0.6 is 11.8 Å². The van der Waals surface area contributed by atoms with Crippen LogP contribution < -0.4 is 10.6 Å². The third-order valence-electron chi connectivity index (χ3n) is 6.98. The molecule has 3 aliphatic rings. The molecule has 2 fully saturated rings. The second kappa shape index (κ2) is 9.76. The number of aliphatic hydroxyl groups is 1. The molecule has 2 aromatic rings. The predicted octanol–water partition coefficient (Wildman–Crippen LogP) is 1.42. The van der Waals surface area contributed by atoms with Crippen LogP contribution in [0.5, 0.6) is 0 Å². The van der Waals surface area contributed by atoms with Crippen LogP contribution in [-0.4, -0.2) is 68.2 Å². The zero-order valence-electron chi connectivity index (χ0n) is 20.5. The molecule has 1 aromatic carbocycles. The first kappa shape index (κ1) is 25.7. The number of benzene rings is 1. The van der Waals surface area contributed by atoms with E-state index in [-0.39, 0.29) is 52.8 Å². The molecule has 3 aliphatic heterocycles. The summed E-state index contributed by atoms with van der Waals surface area (Å²) < 4.78 is 10.8. The van der Waals surface area contributed by atoms with Crippen LogP contribution in [0.2, 0.25) is 0 Å². The molecular formula is C24H25N5O8S. The number of fused-ring (bicyclic) bond motifs is 1. The molecule has 0 saturated carbocycles. The van der Waals surface area contributed by atoms with E-state index < -0.39 is 28.8 Å². The van der Waals surface area contributed by atoms with Crippen molar-refractivity contribution in [1.29, 1.82) is 0 Å². The quantitative estimate of drug-likeness (QED) is 0.202. The topological polar surface area (TPSA) is 182 Å². The van der Waals surface area contributed by atoms with E-state index in [9.17, 15) is 29.6 Å². The van der Waals surface area contributed by atoms with Crippen molar-refractivity contribution in [2.45, 2.75) is 37.9 Å². The number of oxazole rings is 1. The molecule has 13 nitrogen and oxygen atoms in total. The Bertz CT molecular complexity index is 1330. The number of ether oxygens (including phenoxy) is 1. The summed E-state index contributed by atoms with van der Waals surface area (Å²) >= 11 is 1.47. The molecule has 0 aliphatic carbocycles. The SMILES string of the molecule is C[C@@H](O)[C@H]1C(=O)N2C(C(=O)OCc3ccc([N+](=O)[O-])cc3)=C(SC3CN(c4nc(C(N)=O)co4)C3)[C@H](C)[C@H]12. The molecule has 3 N–H and O–H groups in total. The summed E-state index contributed by atoms with van der Waals surface area (Å²) in [5, 5.41) is 21.1. The maximum atomic E-state index is 13.3. The molecule has 0 bridgehead atoms. The number of anilines is 1. The van der Waals surface area contributed by atoms with Gasteiger partial charge in [0.1, 0.15) is 18.6 Å². The summed E-state index contributed by atoms with van der Waals surface area (Å²) in [6.45, 7) is 4.42. The molecule has 14 heteroatoms. The van der Waals surface area contributed by atoms with Crippen molar-refractivity contribution in [2.75, 3.05) is 18.0 Å². The Hall–Kier alpha value is -3.91. The Morgan fingerprint density at radius 1 is 1.34 bits per heavy atom. The molecule has 0 unspecified atom stereocenters. The van der Waals surface area contributed by atoms with E-state index in [1.54, 1.807) is 6.92 Å². The average molecular weight is 544 g/mol. The first-order chi connectivity index (χ1) is 18.1. The number of nitrogens with two attached hydrogens (primary N) is 1. The molecule has 38 heavy (non-hydrogen) atoms. The number of carbonyl (C=O) groups is 3. The first-order valence-electron chi connectivity index (χ1n) is 11.9. The lowest BCUT2D eigenvalue weighted by molar-refractivity contribution is -0.384. The Morgan fingerprint density at radius 3 is 2.61 bits per heavy atom. The van der Waals surface area contributed by atoms with E-state index in [1.165, 1.54) is 47.2 Å². The van der Waals surface area contributed by atoms with Gasteiger partial charge in [-0.05, 0) is 24.6 Å². The average Bonchev–Trinajstić information content (AvgIpc) is 3.41. The fourth-order valence-electron chi connectivity index (χ4n) is 4.97. The molecule has 0 spiro atoms. The summed E-state index contributed by atoms with van der Waals surface area (Å²) in [4.78, 5) is 55.8. The number of aromatic nitrogens is 1. The Kier molecular flexibility index (Phi) is 6.61. The van der Waals surface area contributed by atoms with Gasteiger partial charge in [0.2, 0.25) is 5.91 Å². The highest BCUT2D eigenvalue weighted by Crippen LogP contribution is 2.52. The number of nitro groups is 1. The van der Waals surface area contributed by atoms with Crippen molar-refractivity contribution in [3.63, 3.8) is 0 Å². The van der Waals surface area contributed by atoms with E-state index in [4.69, 9.17) is 14.9 Å². The van der Waals surface area contributed by atoms with E-state index in [2.05, 4.69) is 4.98 Å². The smallest absolute Gasteiger partial charge is 0.356 e. The lowest BCUT2D eigenvalue weighted by Crippen LogP contribution is -2.63. The van der Waals surface area contributed by atoms with E-state index in [0.29, 0.717) is 23.6 Å². The lowest BCUT2D eigenvalue weighted by atomic mass is 9.79. The number of primary amides is 1. The molecule has 4 heterocycles. The van der Waals surface area contributed by atoms with Gasteiger partial charge in [-0.25, -0.2) is 4.79 Å². The van der Waals surface area contributed by atoms with Gasteiger partial charge in [0.05, 0.1) is 23.0 Å². The van der Waals surface area contributed by atoms with Crippen LogP contribution in [0.1, 0.15) is 29.9 Å². The number of thioether (sulfide) groups is 1. The maximum Gasteiger partial charge on any atom is 0.356 e. The summed E-state index contributed by atoms with van der Waals surface area (Å²) in [5.41, 5.74) is 5.92. The number of aliphatic hydroxyl groups excluding tert-OH is 1. The molecule has 4 atom stereocenters. The summed E-state index contributed by atoms with van der Waals surface area (Å²) in [6.07, 6.45) is 0.336. The van der Waals surface area contributed by atoms with Crippen molar-refractivity contribution < 1.29 is 33.6 Å². The molecule has 0 radical (unpaired) electrons. The van der Waals surface area contributed by atoms with Crippen LogP contribution in [0.4, 0.5) is 11.7 Å². The van der Waals surface area contributed by atoms with E-state index in [0.717, 1.165) is 0 Å². The first-order valence-corrected chi connectivity index (χ1v) is 12.8. The molecule has 200 valence electrons. The van der Waals surface area contributed by atoms with Crippen LogP contribution in [0.25, 0.3) is 0 Å².